The molecule has 1 aromatic carbocycles. The maximum atomic E-state index is 11.3. The van der Waals surface area contributed by atoms with Gasteiger partial charge in [-0.05, 0) is 25.5 Å². The number of aryl methyl sites for hydroxylation is 1. The van der Waals surface area contributed by atoms with Crippen molar-refractivity contribution in [2.24, 2.45) is 0 Å². The Labute approximate surface area is 137 Å². The standard InChI is InChI=1S/C15H16ClNO4S/c1-4-10-13(15(18)19)22-14(17-10)8-6-9(16)12(21-5-2)11(7-8)20-3/h6-7H,4-5H2,1-3H3,(H,18,19). The highest BCUT2D eigenvalue weighted by Crippen LogP contribution is 2.40. The van der Waals surface area contributed by atoms with E-state index in [-0.39, 0.29) is 4.88 Å². The first-order valence-corrected chi connectivity index (χ1v) is 7.94. The molecule has 1 N–H and O–H groups in total. The number of aromatic nitrogens is 1. The molecule has 0 aliphatic rings. The van der Waals surface area contributed by atoms with Crippen LogP contribution in [0.25, 0.3) is 10.6 Å². The van der Waals surface area contributed by atoms with Gasteiger partial charge in [0.25, 0.3) is 0 Å². The smallest absolute Gasteiger partial charge is 0.347 e. The number of methoxy groups -OCH3 is 1. The van der Waals surface area contributed by atoms with E-state index in [0.717, 1.165) is 11.3 Å². The monoisotopic (exact) mass is 341 g/mol. The van der Waals surface area contributed by atoms with Crippen LogP contribution in [0.15, 0.2) is 12.1 Å². The minimum atomic E-state index is -0.968. The lowest BCUT2D eigenvalue weighted by Gasteiger charge is -2.12. The Morgan fingerprint density at radius 1 is 1.41 bits per heavy atom. The molecule has 2 aromatic rings. The van der Waals surface area contributed by atoms with Gasteiger partial charge in [-0.25, -0.2) is 9.78 Å². The third kappa shape index (κ3) is 3.18. The molecule has 0 saturated carbocycles. The Kier molecular flexibility index (Phi) is 5.26. The fourth-order valence-electron chi connectivity index (χ4n) is 2.01. The summed E-state index contributed by atoms with van der Waals surface area (Å²) in [6.45, 7) is 4.20. The molecule has 0 bridgehead atoms. The van der Waals surface area contributed by atoms with Crippen LogP contribution in [0.4, 0.5) is 0 Å². The van der Waals surface area contributed by atoms with Crippen molar-refractivity contribution in [3.05, 3.63) is 27.7 Å². The van der Waals surface area contributed by atoms with E-state index in [2.05, 4.69) is 4.98 Å². The fraction of sp³-hybridized carbons (Fsp3) is 0.333. The quantitative estimate of drug-likeness (QED) is 0.855. The van der Waals surface area contributed by atoms with Crippen LogP contribution >= 0.6 is 22.9 Å². The Morgan fingerprint density at radius 3 is 2.64 bits per heavy atom. The number of benzene rings is 1. The van der Waals surface area contributed by atoms with Gasteiger partial charge >= 0.3 is 5.97 Å². The normalized spacial score (nSPS) is 10.5. The highest BCUT2D eigenvalue weighted by atomic mass is 35.5. The summed E-state index contributed by atoms with van der Waals surface area (Å²) >= 11 is 7.37. The van der Waals surface area contributed by atoms with Gasteiger partial charge in [0.15, 0.2) is 11.5 Å². The van der Waals surface area contributed by atoms with Crippen LogP contribution in [-0.4, -0.2) is 29.8 Å². The van der Waals surface area contributed by atoms with E-state index in [1.165, 1.54) is 7.11 Å². The predicted octanol–water partition coefficient (Wildman–Crippen LogP) is 4.13. The van der Waals surface area contributed by atoms with E-state index >= 15 is 0 Å². The van der Waals surface area contributed by atoms with Gasteiger partial charge in [-0.3, -0.25) is 0 Å². The Bertz CT molecular complexity index is 699. The largest absolute Gasteiger partial charge is 0.493 e. The summed E-state index contributed by atoms with van der Waals surface area (Å²) in [6, 6.07) is 3.46. The molecule has 0 fully saturated rings. The second kappa shape index (κ2) is 6.98. The highest BCUT2D eigenvalue weighted by Gasteiger charge is 2.19. The molecule has 0 amide bonds. The average Bonchev–Trinajstić information content (AvgIpc) is 2.93. The molecule has 0 spiro atoms. The topological polar surface area (TPSA) is 68.7 Å². The fourth-order valence-corrected chi connectivity index (χ4v) is 3.25. The van der Waals surface area contributed by atoms with E-state index in [1.54, 1.807) is 12.1 Å². The minimum absolute atomic E-state index is 0.251. The van der Waals surface area contributed by atoms with E-state index in [4.69, 9.17) is 21.1 Å². The lowest BCUT2D eigenvalue weighted by atomic mass is 10.2. The number of ether oxygens (including phenoxy) is 2. The van der Waals surface area contributed by atoms with Gasteiger partial charge in [0.1, 0.15) is 9.88 Å². The zero-order valence-electron chi connectivity index (χ0n) is 12.5. The lowest BCUT2D eigenvalue weighted by molar-refractivity contribution is 0.0701. The Morgan fingerprint density at radius 2 is 2.14 bits per heavy atom. The average molecular weight is 342 g/mol. The van der Waals surface area contributed by atoms with Gasteiger partial charge in [-0.2, -0.15) is 0 Å². The Balaban J connectivity index is 2.53. The Hall–Kier alpha value is -1.79. The highest BCUT2D eigenvalue weighted by molar-refractivity contribution is 7.17. The lowest BCUT2D eigenvalue weighted by Crippen LogP contribution is -1.97. The summed E-state index contributed by atoms with van der Waals surface area (Å²) in [5.74, 6) is 0.000202. The number of nitrogens with zero attached hydrogens (tertiary/aromatic N) is 1. The molecule has 2 rings (SSSR count). The van der Waals surface area contributed by atoms with Crippen LogP contribution < -0.4 is 9.47 Å². The molecule has 7 heteroatoms. The molecular formula is C15H16ClNO4S. The van der Waals surface area contributed by atoms with Crippen molar-refractivity contribution in [3.8, 4) is 22.1 Å². The molecule has 0 atom stereocenters. The van der Waals surface area contributed by atoms with Crippen molar-refractivity contribution < 1.29 is 19.4 Å². The van der Waals surface area contributed by atoms with Crippen molar-refractivity contribution in [1.82, 2.24) is 4.98 Å². The molecule has 1 aromatic heterocycles. The van der Waals surface area contributed by atoms with Crippen molar-refractivity contribution in [2.75, 3.05) is 13.7 Å². The third-order valence-electron chi connectivity index (χ3n) is 2.99. The minimum Gasteiger partial charge on any atom is -0.493 e. The number of halogens is 1. The summed E-state index contributed by atoms with van der Waals surface area (Å²) in [4.78, 5) is 15.9. The number of carbonyl (C=O) groups is 1. The molecule has 0 aliphatic heterocycles. The van der Waals surface area contributed by atoms with Crippen molar-refractivity contribution in [1.29, 1.82) is 0 Å². The number of hydrogen-bond donors (Lipinski definition) is 1. The summed E-state index contributed by atoms with van der Waals surface area (Å²) in [7, 11) is 1.53. The van der Waals surface area contributed by atoms with Crippen LogP contribution in [0.3, 0.4) is 0 Å². The number of carboxylic acid groups (broad SMARTS) is 1. The van der Waals surface area contributed by atoms with Crippen LogP contribution in [0, 0.1) is 0 Å². The molecule has 0 radical (unpaired) electrons. The molecule has 0 aliphatic carbocycles. The molecule has 5 nitrogen and oxygen atoms in total. The zero-order valence-corrected chi connectivity index (χ0v) is 14.0. The van der Waals surface area contributed by atoms with Crippen molar-refractivity contribution in [2.45, 2.75) is 20.3 Å². The van der Waals surface area contributed by atoms with Gasteiger partial charge in [-0.15, -0.1) is 11.3 Å². The molecule has 0 saturated heterocycles. The number of hydrogen-bond acceptors (Lipinski definition) is 5. The number of rotatable bonds is 6. The van der Waals surface area contributed by atoms with E-state index in [1.807, 2.05) is 13.8 Å². The SMILES string of the molecule is CCOc1c(Cl)cc(-c2nc(CC)c(C(=O)O)s2)cc1OC. The van der Waals surface area contributed by atoms with Gasteiger partial charge in [0.2, 0.25) is 0 Å². The van der Waals surface area contributed by atoms with Gasteiger partial charge < -0.3 is 14.6 Å². The van der Waals surface area contributed by atoms with Crippen LogP contribution in [0.2, 0.25) is 5.02 Å². The van der Waals surface area contributed by atoms with Crippen molar-refractivity contribution in [3.63, 3.8) is 0 Å². The third-order valence-corrected chi connectivity index (χ3v) is 4.41. The summed E-state index contributed by atoms with van der Waals surface area (Å²) in [5, 5.41) is 10.2. The zero-order chi connectivity index (χ0) is 16.3. The second-order valence-electron chi connectivity index (χ2n) is 4.38. The van der Waals surface area contributed by atoms with Crippen LogP contribution in [0.5, 0.6) is 11.5 Å². The summed E-state index contributed by atoms with van der Waals surface area (Å²) in [5.41, 5.74) is 1.27. The summed E-state index contributed by atoms with van der Waals surface area (Å²) in [6.07, 6.45) is 0.556. The molecular weight excluding hydrogens is 326 g/mol. The molecule has 118 valence electrons. The van der Waals surface area contributed by atoms with Crippen molar-refractivity contribution >= 4 is 28.9 Å². The predicted molar refractivity (Wildman–Crippen MR) is 86.6 cm³/mol. The maximum Gasteiger partial charge on any atom is 0.347 e. The van der Waals surface area contributed by atoms with E-state index < -0.39 is 5.97 Å². The number of thiazole rings is 1. The summed E-state index contributed by atoms with van der Waals surface area (Å²) < 4.78 is 10.8. The van der Waals surface area contributed by atoms with Gasteiger partial charge in [0.05, 0.1) is 24.4 Å². The van der Waals surface area contributed by atoms with E-state index in [0.29, 0.717) is 45.8 Å². The molecule has 1 heterocycles. The van der Waals surface area contributed by atoms with Crippen LogP contribution in [0.1, 0.15) is 29.2 Å². The maximum absolute atomic E-state index is 11.3. The molecule has 22 heavy (non-hydrogen) atoms. The first kappa shape index (κ1) is 16.6. The van der Waals surface area contributed by atoms with Crippen LogP contribution in [-0.2, 0) is 6.42 Å². The van der Waals surface area contributed by atoms with E-state index in [9.17, 15) is 9.90 Å². The number of carboxylic acids is 1. The first-order valence-electron chi connectivity index (χ1n) is 6.75. The van der Waals surface area contributed by atoms with Gasteiger partial charge in [0, 0.05) is 5.56 Å². The number of aromatic carboxylic acids is 1. The van der Waals surface area contributed by atoms with Gasteiger partial charge in [-0.1, -0.05) is 18.5 Å². The molecule has 0 unspecified atom stereocenters. The first-order chi connectivity index (χ1) is 10.5. The second-order valence-corrected chi connectivity index (χ2v) is 5.78.